The number of aryl methyl sites for hydroxylation is 1. The van der Waals surface area contributed by atoms with E-state index in [2.05, 4.69) is 10.2 Å². The van der Waals surface area contributed by atoms with Crippen molar-refractivity contribution >= 4 is 17.6 Å². The van der Waals surface area contributed by atoms with Crippen LogP contribution < -0.4 is 0 Å². The molecule has 2 aromatic rings. The van der Waals surface area contributed by atoms with Gasteiger partial charge in [-0.1, -0.05) is 12.1 Å². The van der Waals surface area contributed by atoms with E-state index >= 15 is 0 Å². The van der Waals surface area contributed by atoms with Crippen molar-refractivity contribution < 1.29 is 23.2 Å². The maximum Gasteiger partial charge on any atom is 0.311 e. The van der Waals surface area contributed by atoms with Crippen LogP contribution in [0.4, 0.5) is 4.39 Å². The number of likely N-dealkylation sites (N-methyl/N-ethyl adjacent to an activating group) is 1. The number of carbonyl (C=O) groups is 3. The van der Waals surface area contributed by atoms with Gasteiger partial charge in [0.25, 0.3) is 5.91 Å². The summed E-state index contributed by atoms with van der Waals surface area (Å²) in [5.74, 6) is -1.64. The second-order valence-electron chi connectivity index (χ2n) is 7.62. The zero-order valence-electron chi connectivity index (χ0n) is 16.7. The van der Waals surface area contributed by atoms with Crippen LogP contribution in [0.15, 0.2) is 28.7 Å². The molecule has 2 amide bonds. The number of Topliss-reactive ketones (excluding diaryl/α,β-unsaturated/α-hetero) is 1. The Morgan fingerprint density at radius 2 is 2.00 bits per heavy atom. The largest absolute Gasteiger partial charge is 0.417 e. The third kappa shape index (κ3) is 3.70. The highest BCUT2D eigenvalue weighted by Crippen LogP contribution is 2.29. The fourth-order valence-corrected chi connectivity index (χ4v) is 4.18. The van der Waals surface area contributed by atoms with E-state index in [1.807, 2.05) is 4.90 Å². The Kier molecular flexibility index (Phi) is 5.33. The number of halogens is 1. The van der Waals surface area contributed by atoms with E-state index in [0.29, 0.717) is 25.9 Å². The van der Waals surface area contributed by atoms with Crippen LogP contribution in [0, 0.1) is 12.7 Å². The summed E-state index contributed by atoms with van der Waals surface area (Å²) in [6.07, 6.45) is 0.829. The molecule has 2 aliphatic rings. The van der Waals surface area contributed by atoms with Gasteiger partial charge in [-0.05, 0) is 30.5 Å². The molecule has 1 aromatic carbocycles. The van der Waals surface area contributed by atoms with Gasteiger partial charge in [-0.3, -0.25) is 19.3 Å². The second-order valence-corrected chi connectivity index (χ2v) is 7.62. The molecule has 0 spiro atoms. The van der Waals surface area contributed by atoms with Crippen molar-refractivity contribution in [3.05, 3.63) is 47.4 Å². The monoisotopic (exact) mass is 415 g/mol. The van der Waals surface area contributed by atoms with Gasteiger partial charge in [-0.2, -0.15) is 0 Å². The van der Waals surface area contributed by atoms with Crippen molar-refractivity contribution in [1.82, 2.24) is 24.9 Å². The molecule has 3 heterocycles. The summed E-state index contributed by atoms with van der Waals surface area (Å²) in [5.41, 5.74) is 0.810. The topological polar surface area (TPSA) is 99.8 Å². The molecular formula is C20H22FN5O4. The number of aromatic nitrogens is 2. The molecule has 0 aliphatic carbocycles. The summed E-state index contributed by atoms with van der Waals surface area (Å²) in [4.78, 5) is 42.7. The molecule has 9 nitrogen and oxygen atoms in total. The highest BCUT2D eigenvalue weighted by atomic mass is 19.1. The van der Waals surface area contributed by atoms with E-state index in [4.69, 9.17) is 4.42 Å². The van der Waals surface area contributed by atoms with Crippen molar-refractivity contribution in [3.8, 4) is 0 Å². The van der Waals surface area contributed by atoms with Gasteiger partial charge >= 0.3 is 11.8 Å². The molecule has 30 heavy (non-hydrogen) atoms. The zero-order chi connectivity index (χ0) is 21.4. The van der Waals surface area contributed by atoms with E-state index in [1.54, 1.807) is 26.1 Å². The fourth-order valence-electron chi connectivity index (χ4n) is 4.18. The molecule has 4 rings (SSSR count). The lowest BCUT2D eigenvalue weighted by Gasteiger charge is -2.51. The van der Waals surface area contributed by atoms with E-state index in [0.717, 1.165) is 5.56 Å². The number of nitrogens with zero attached hydrogens (tertiary/aromatic N) is 5. The molecular weight excluding hydrogens is 393 g/mol. The van der Waals surface area contributed by atoms with E-state index in [1.165, 1.54) is 21.9 Å². The molecule has 10 heteroatoms. The summed E-state index contributed by atoms with van der Waals surface area (Å²) in [7, 11) is 1.63. The highest BCUT2D eigenvalue weighted by molar-refractivity contribution is 6.37. The van der Waals surface area contributed by atoms with E-state index in [-0.39, 0.29) is 30.2 Å². The van der Waals surface area contributed by atoms with Gasteiger partial charge in [0, 0.05) is 27.1 Å². The van der Waals surface area contributed by atoms with Gasteiger partial charge in [0.2, 0.25) is 11.7 Å². The van der Waals surface area contributed by atoms with Crippen molar-refractivity contribution in [2.75, 3.05) is 20.1 Å². The van der Waals surface area contributed by atoms with Crippen molar-refractivity contribution in [2.45, 2.75) is 38.5 Å². The number of piperidine rings is 1. The minimum Gasteiger partial charge on any atom is -0.417 e. The van der Waals surface area contributed by atoms with Crippen molar-refractivity contribution in [1.29, 1.82) is 0 Å². The summed E-state index contributed by atoms with van der Waals surface area (Å²) in [6.45, 7) is 2.32. The third-order valence-corrected chi connectivity index (χ3v) is 5.61. The van der Waals surface area contributed by atoms with Gasteiger partial charge < -0.3 is 14.2 Å². The molecule has 0 N–H and O–H groups in total. The average Bonchev–Trinajstić information content (AvgIpc) is 3.18. The molecule has 2 unspecified atom stereocenters. The molecule has 2 aliphatic heterocycles. The Morgan fingerprint density at radius 1 is 1.27 bits per heavy atom. The van der Waals surface area contributed by atoms with Crippen molar-refractivity contribution in [2.24, 2.45) is 0 Å². The van der Waals surface area contributed by atoms with Crippen LogP contribution in [-0.4, -0.2) is 74.8 Å². The number of carbonyl (C=O) groups excluding carboxylic acids is 3. The molecule has 1 aromatic heterocycles. The van der Waals surface area contributed by atoms with Crippen LogP contribution in [0.2, 0.25) is 0 Å². The van der Waals surface area contributed by atoms with Gasteiger partial charge in [-0.15, -0.1) is 10.2 Å². The lowest BCUT2D eigenvalue weighted by Crippen LogP contribution is -2.69. The first-order chi connectivity index (χ1) is 14.3. The number of benzene rings is 1. The van der Waals surface area contributed by atoms with Crippen LogP contribution in [0.3, 0.4) is 0 Å². The normalized spacial score (nSPS) is 22.2. The van der Waals surface area contributed by atoms with Gasteiger partial charge in [0.05, 0.1) is 12.6 Å². The molecule has 0 radical (unpaired) electrons. The summed E-state index contributed by atoms with van der Waals surface area (Å²) in [5, 5.41) is 7.50. The van der Waals surface area contributed by atoms with Gasteiger partial charge in [0.15, 0.2) is 0 Å². The molecule has 0 saturated carbocycles. The minimum absolute atomic E-state index is 0.0599. The average molecular weight is 415 g/mol. The van der Waals surface area contributed by atoms with E-state index < -0.39 is 23.8 Å². The number of rotatable bonds is 4. The molecule has 2 atom stereocenters. The Morgan fingerprint density at radius 3 is 2.67 bits per heavy atom. The summed E-state index contributed by atoms with van der Waals surface area (Å²) >= 11 is 0. The molecule has 158 valence electrons. The van der Waals surface area contributed by atoms with Crippen LogP contribution in [0.25, 0.3) is 0 Å². The Bertz CT molecular complexity index is 976. The number of hydrogen-bond acceptors (Lipinski definition) is 7. The number of amides is 2. The number of ketones is 1. The Balaban J connectivity index is 1.63. The van der Waals surface area contributed by atoms with Crippen LogP contribution in [-0.2, 0) is 16.1 Å². The quantitative estimate of drug-likeness (QED) is 0.687. The van der Waals surface area contributed by atoms with Crippen molar-refractivity contribution in [3.63, 3.8) is 0 Å². The molecule has 2 fully saturated rings. The second kappa shape index (κ2) is 7.94. The SMILES string of the molecule is Cc1nnc(C(=O)N(C)C2CCCN3C(=O)C(=O)CN(Cc4ccc(F)cc4)C23)o1. The smallest absolute Gasteiger partial charge is 0.311 e. The predicted molar refractivity (Wildman–Crippen MR) is 101 cm³/mol. The first-order valence-corrected chi connectivity index (χ1v) is 9.74. The summed E-state index contributed by atoms with van der Waals surface area (Å²) in [6, 6.07) is 5.64. The Hall–Kier alpha value is -3.14. The zero-order valence-corrected chi connectivity index (χ0v) is 16.7. The predicted octanol–water partition coefficient (Wildman–Crippen LogP) is 0.991. The highest BCUT2D eigenvalue weighted by Gasteiger charge is 2.47. The van der Waals surface area contributed by atoms with Gasteiger partial charge in [-0.25, -0.2) is 4.39 Å². The summed E-state index contributed by atoms with van der Waals surface area (Å²) < 4.78 is 18.6. The van der Waals surface area contributed by atoms with Crippen LogP contribution in [0.1, 0.15) is 35.0 Å². The van der Waals surface area contributed by atoms with Crippen LogP contribution >= 0.6 is 0 Å². The van der Waals surface area contributed by atoms with Gasteiger partial charge in [0.1, 0.15) is 12.0 Å². The number of hydrogen-bond donors (Lipinski definition) is 0. The Labute approximate surface area is 172 Å². The lowest BCUT2D eigenvalue weighted by atomic mass is 9.95. The van der Waals surface area contributed by atoms with E-state index in [9.17, 15) is 18.8 Å². The minimum atomic E-state index is -0.533. The molecule has 0 bridgehead atoms. The lowest BCUT2D eigenvalue weighted by molar-refractivity contribution is -0.163. The molecule has 2 saturated heterocycles. The van der Waals surface area contributed by atoms with Crippen LogP contribution in [0.5, 0.6) is 0 Å². The first-order valence-electron chi connectivity index (χ1n) is 9.74. The maximum atomic E-state index is 13.3. The number of fused-ring (bicyclic) bond motifs is 1. The standard InChI is InChI=1S/C20H22FN5O4/c1-12-22-23-17(30-12)20(29)24(2)15-4-3-9-26-18(15)25(11-16(27)19(26)28)10-13-5-7-14(21)8-6-13/h5-8,15,18H,3-4,9-11H2,1-2H3. The maximum absolute atomic E-state index is 13.3. The first kappa shape index (κ1) is 20.1. The third-order valence-electron chi connectivity index (χ3n) is 5.61. The fraction of sp³-hybridized carbons (Fsp3) is 0.450.